The molecular weight excluding hydrogens is 284 g/mol. The first-order valence-corrected chi connectivity index (χ1v) is 5.64. The number of hydrogen-bond donors (Lipinski definition) is 0. The van der Waals surface area contributed by atoms with Crippen LogP contribution in [0, 0.1) is 17.3 Å². The Morgan fingerprint density at radius 2 is 2.08 bits per heavy atom. The van der Waals surface area contributed by atoms with Crippen molar-refractivity contribution in [2.45, 2.75) is 20.8 Å². The lowest BCUT2D eigenvalue weighted by molar-refractivity contribution is -0.148. The van der Waals surface area contributed by atoms with E-state index in [0.29, 0.717) is 11.7 Å². The third kappa shape index (κ3) is 1.31. The van der Waals surface area contributed by atoms with Crippen LogP contribution in [-0.2, 0) is 4.79 Å². The first-order valence-electron chi connectivity index (χ1n) is 3.93. The Balaban J connectivity index is 2.88. The molecule has 2 unspecified atom stereocenters. The van der Waals surface area contributed by atoms with Crippen LogP contribution in [0.15, 0.2) is 9.47 Å². The van der Waals surface area contributed by atoms with E-state index in [-0.39, 0.29) is 11.3 Å². The highest BCUT2D eigenvalue weighted by molar-refractivity contribution is 9.14. The maximum Gasteiger partial charge on any atom is 0.142 e. The first kappa shape index (κ1) is 10.5. The molecule has 0 spiro atoms. The fraction of sp³-hybridized carbons (Fsp3) is 0.667. The van der Waals surface area contributed by atoms with Crippen molar-refractivity contribution in [2.24, 2.45) is 17.3 Å². The minimum absolute atomic E-state index is 0.156. The molecule has 0 aromatic heterocycles. The van der Waals surface area contributed by atoms with Crippen LogP contribution in [0.5, 0.6) is 0 Å². The maximum atomic E-state index is 11.5. The van der Waals surface area contributed by atoms with Gasteiger partial charge in [-0.05, 0) is 4.99 Å². The van der Waals surface area contributed by atoms with E-state index in [2.05, 4.69) is 31.9 Å². The van der Waals surface area contributed by atoms with Gasteiger partial charge in [-0.3, -0.25) is 4.79 Å². The van der Waals surface area contributed by atoms with Gasteiger partial charge in [-0.1, -0.05) is 52.6 Å². The summed E-state index contributed by atoms with van der Waals surface area (Å²) >= 11 is 6.73. The van der Waals surface area contributed by atoms with E-state index < -0.39 is 0 Å². The summed E-state index contributed by atoms with van der Waals surface area (Å²) in [5.74, 6) is 0.853. The smallest absolute Gasteiger partial charge is 0.142 e. The van der Waals surface area contributed by atoms with Crippen LogP contribution in [0.2, 0.25) is 0 Å². The van der Waals surface area contributed by atoms with E-state index in [1.807, 2.05) is 25.8 Å². The standard InChI is InChI=1S/C9H12Br2O/c1-5-7(6(11)4-10)9(2,3)8(5)12/h4-5,7H,1-3H3/b6-4-. The first-order chi connectivity index (χ1) is 5.42. The van der Waals surface area contributed by atoms with Gasteiger partial charge in [0, 0.05) is 21.7 Å². The second-order valence-corrected chi connectivity index (χ2v) is 5.22. The second-order valence-electron chi connectivity index (χ2n) is 3.85. The molecule has 0 aromatic carbocycles. The molecule has 68 valence electrons. The van der Waals surface area contributed by atoms with Crippen LogP contribution >= 0.6 is 31.9 Å². The highest BCUT2D eigenvalue weighted by Crippen LogP contribution is 2.52. The lowest BCUT2D eigenvalue weighted by Crippen LogP contribution is -2.53. The molecule has 0 heterocycles. The monoisotopic (exact) mass is 294 g/mol. The number of carbonyl (C=O) groups excluding carboxylic acids is 1. The Labute approximate surface area is 89.9 Å². The van der Waals surface area contributed by atoms with E-state index in [9.17, 15) is 4.79 Å². The normalized spacial score (nSPS) is 34.8. The van der Waals surface area contributed by atoms with Gasteiger partial charge in [-0.25, -0.2) is 0 Å². The Bertz CT molecular complexity index is 243. The second kappa shape index (κ2) is 3.26. The zero-order valence-corrected chi connectivity index (χ0v) is 10.6. The SMILES string of the molecule is CC1C(=O)C(C)(C)C1/C(Br)=C/Br. The molecule has 1 saturated carbocycles. The van der Waals surface area contributed by atoms with Crippen molar-refractivity contribution in [3.8, 4) is 0 Å². The van der Waals surface area contributed by atoms with Crippen LogP contribution in [0.1, 0.15) is 20.8 Å². The van der Waals surface area contributed by atoms with E-state index in [1.54, 1.807) is 0 Å². The van der Waals surface area contributed by atoms with Crippen LogP contribution in [-0.4, -0.2) is 5.78 Å². The lowest BCUT2D eigenvalue weighted by Gasteiger charge is -2.48. The van der Waals surface area contributed by atoms with Gasteiger partial charge in [0.05, 0.1) is 0 Å². The fourth-order valence-electron chi connectivity index (χ4n) is 2.07. The third-order valence-corrected chi connectivity index (χ3v) is 4.56. The molecule has 1 aliphatic rings. The van der Waals surface area contributed by atoms with Gasteiger partial charge in [0.1, 0.15) is 5.78 Å². The van der Waals surface area contributed by atoms with Crippen molar-refractivity contribution < 1.29 is 4.79 Å². The number of ketones is 1. The molecule has 0 saturated heterocycles. The van der Waals surface area contributed by atoms with Crippen LogP contribution in [0.4, 0.5) is 0 Å². The van der Waals surface area contributed by atoms with Gasteiger partial charge in [-0.15, -0.1) is 0 Å². The number of rotatable bonds is 1. The molecular formula is C9H12Br2O. The Hall–Kier alpha value is 0.370. The predicted octanol–water partition coefficient (Wildman–Crippen LogP) is 3.48. The number of allylic oxidation sites excluding steroid dienone is 1. The van der Waals surface area contributed by atoms with E-state index in [4.69, 9.17) is 0 Å². The van der Waals surface area contributed by atoms with Gasteiger partial charge in [0.25, 0.3) is 0 Å². The van der Waals surface area contributed by atoms with Crippen molar-refractivity contribution in [1.82, 2.24) is 0 Å². The third-order valence-electron chi connectivity index (χ3n) is 2.73. The molecule has 1 rings (SSSR count). The summed E-state index contributed by atoms with van der Waals surface area (Å²) < 4.78 is 1.08. The van der Waals surface area contributed by atoms with E-state index >= 15 is 0 Å². The molecule has 0 radical (unpaired) electrons. The summed E-state index contributed by atoms with van der Waals surface area (Å²) in [6, 6.07) is 0. The van der Waals surface area contributed by atoms with Crippen LogP contribution in [0.3, 0.4) is 0 Å². The molecule has 3 heteroatoms. The number of halogens is 2. The zero-order valence-electron chi connectivity index (χ0n) is 7.40. The maximum absolute atomic E-state index is 11.5. The molecule has 0 aliphatic heterocycles. The average molecular weight is 296 g/mol. The van der Waals surface area contributed by atoms with Gasteiger partial charge in [-0.2, -0.15) is 0 Å². The number of hydrogen-bond acceptors (Lipinski definition) is 1. The summed E-state index contributed by atoms with van der Waals surface area (Å²) in [4.78, 5) is 13.3. The van der Waals surface area contributed by atoms with Crippen molar-refractivity contribution in [3.63, 3.8) is 0 Å². The van der Waals surface area contributed by atoms with Crippen molar-refractivity contribution in [3.05, 3.63) is 9.47 Å². The number of Topliss-reactive ketones (excluding diaryl/α,β-unsaturated/α-hetero) is 1. The Morgan fingerprint density at radius 3 is 2.42 bits per heavy atom. The minimum Gasteiger partial charge on any atom is -0.299 e. The Morgan fingerprint density at radius 1 is 1.58 bits per heavy atom. The highest BCUT2D eigenvalue weighted by atomic mass is 79.9. The van der Waals surface area contributed by atoms with E-state index in [0.717, 1.165) is 4.48 Å². The lowest BCUT2D eigenvalue weighted by atomic mass is 9.55. The van der Waals surface area contributed by atoms with Crippen molar-refractivity contribution >= 4 is 37.6 Å². The number of carbonyl (C=O) groups is 1. The van der Waals surface area contributed by atoms with Crippen molar-refractivity contribution in [2.75, 3.05) is 0 Å². The summed E-state index contributed by atoms with van der Waals surface area (Å²) in [6.07, 6.45) is 0. The Kier molecular flexibility index (Phi) is 2.84. The van der Waals surface area contributed by atoms with Gasteiger partial charge < -0.3 is 0 Å². The predicted molar refractivity (Wildman–Crippen MR) is 57.4 cm³/mol. The molecule has 2 atom stereocenters. The summed E-state index contributed by atoms with van der Waals surface area (Å²) in [6.45, 7) is 5.98. The molecule has 1 aliphatic carbocycles. The highest BCUT2D eigenvalue weighted by Gasteiger charge is 2.54. The summed E-state index contributed by atoms with van der Waals surface area (Å²) in [5.41, 5.74) is -0.192. The van der Waals surface area contributed by atoms with Crippen LogP contribution in [0.25, 0.3) is 0 Å². The average Bonchev–Trinajstić information content (AvgIpc) is 2.03. The van der Waals surface area contributed by atoms with E-state index in [1.165, 1.54) is 0 Å². The molecule has 0 aromatic rings. The molecule has 0 amide bonds. The topological polar surface area (TPSA) is 17.1 Å². The fourth-order valence-corrected chi connectivity index (χ4v) is 3.33. The summed E-state index contributed by atoms with van der Waals surface area (Å²) in [5, 5.41) is 0. The molecule has 12 heavy (non-hydrogen) atoms. The molecule has 1 fully saturated rings. The van der Waals surface area contributed by atoms with Crippen molar-refractivity contribution in [1.29, 1.82) is 0 Å². The van der Waals surface area contributed by atoms with Gasteiger partial charge in [0.15, 0.2) is 0 Å². The molecule has 0 bridgehead atoms. The minimum atomic E-state index is -0.192. The van der Waals surface area contributed by atoms with Gasteiger partial charge in [0.2, 0.25) is 0 Å². The van der Waals surface area contributed by atoms with Gasteiger partial charge >= 0.3 is 0 Å². The van der Waals surface area contributed by atoms with Crippen LogP contribution < -0.4 is 0 Å². The molecule has 0 N–H and O–H groups in total. The zero-order chi connectivity index (χ0) is 9.52. The largest absolute Gasteiger partial charge is 0.299 e. The molecule has 1 nitrogen and oxygen atoms in total. The quantitative estimate of drug-likeness (QED) is 0.724. The summed E-state index contributed by atoms with van der Waals surface area (Å²) in [7, 11) is 0.